The Morgan fingerprint density at radius 1 is 0.667 bits per heavy atom. The van der Waals surface area contributed by atoms with Gasteiger partial charge in [0.1, 0.15) is 12.6 Å². The minimum Gasteiger partial charge on any atom is -0.327 e. The van der Waals surface area contributed by atoms with E-state index in [-0.39, 0.29) is 18.4 Å². The van der Waals surface area contributed by atoms with Crippen LogP contribution in [0.4, 0.5) is 0 Å². The van der Waals surface area contributed by atoms with E-state index in [1.165, 1.54) is 16.3 Å². The highest BCUT2D eigenvalue weighted by Crippen LogP contribution is 2.24. The van der Waals surface area contributed by atoms with Gasteiger partial charge < -0.3 is 9.80 Å². The molecule has 180 valence electrons. The Morgan fingerprint density at radius 2 is 1.36 bits per heavy atom. The molecule has 1 atom stereocenters. The monoisotopic (exact) mass is 475 g/mol. The maximum Gasteiger partial charge on any atom is 0.247 e. The second kappa shape index (κ2) is 9.59. The lowest BCUT2D eigenvalue weighted by Gasteiger charge is -2.46. The van der Waals surface area contributed by atoms with Crippen molar-refractivity contribution in [3.05, 3.63) is 108 Å². The predicted molar refractivity (Wildman–Crippen MR) is 142 cm³/mol. The zero-order valence-electron chi connectivity index (χ0n) is 20.2. The van der Waals surface area contributed by atoms with Crippen molar-refractivity contribution in [2.45, 2.75) is 19.1 Å². The van der Waals surface area contributed by atoms with Crippen LogP contribution in [0.3, 0.4) is 0 Å². The Morgan fingerprint density at radius 3 is 2.17 bits per heavy atom. The molecule has 2 heterocycles. The average molecular weight is 476 g/mol. The molecular formula is C31H29N3O2. The summed E-state index contributed by atoms with van der Waals surface area (Å²) < 4.78 is 0. The highest BCUT2D eigenvalue weighted by Gasteiger charge is 2.42. The van der Waals surface area contributed by atoms with Gasteiger partial charge >= 0.3 is 0 Å². The van der Waals surface area contributed by atoms with Gasteiger partial charge in [0.25, 0.3) is 0 Å². The van der Waals surface area contributed by atoms with Gasteiger partial charge in [-0.2, -0.15) is 0 Å². The van der Waals surface area contributed by atoms with Crippen LogP contribution in [0.2, 0.25) is 0 Å². The van der Waals surface area contributed by atoms with Crippen molar-refractivity contribution in [2.75, 3.05) is 26.2 Å². The summed E-state index contributed by atoms with van der Waals surface area (Å²) in [6.07, 6.45) is 0. The molecule has 6 rings (SSSR count). The number of carbonyl (C=O) groups excluding carboxylic acids is 2. The number of nitrogens with zero attached hydrogens (tertiary/aromatic N) is 3. The molecular weight excluding hydrogens is 446 g/mol. The van der Waals surface area contributed by atoms with Crippen LogP contribution in [-0.4, -0.2) is 58.7 Å². The van der Waals surface area contributed by atoms with Crippen molar-refractivity contribution >= 4 is 22.6 Å². The number of rotatable bonds is 5. The lowest BCUT2D eigenvalue weighted by molar-refractivity contribution is -0.160. The number of hydrogen-bond acceptors (Lipinski definition) is 3. The summed E-state index contributed by atoms with van der Waals surface area (Å²) in [6.45, 7) is 3.33. The van der Waals surface area contributed by atoms with E-state index in [1.807, 2.05) is 18.2 Å². The summed E-state index contributed by atoms with van der Waals surface area (Å²) in [5.41, 5.74) is 4.57. The quantitative estimate of drug-likeness (QED) is 0.425. The summed E-state index contributed by atoms with van der Waals surface area (Å²) in [7, 11) is 0. The maximum absolute atomic E-state index is 13.5. The Hall–Kier alpha value is -3.96. The van der Waals surface area contributed by atoms with Gasteiger partial charge in [-0.15, -0.1) is 0 Å². The minimum absolute atomic E-state index is 0.0462. The van der Waals surface area contributed by atoms with E-state index in [0.717, 1.165) is 29.8 Å². The number of piperazine rings is 2. The van der Waals surface area contributed by atoms with E-state index in [0.29, 0.717) is 19.6 Å². The van der Waals surface area contributed by atoms with Crippen LogP contribution >= 0.6 is 0 Å². The zero-order valence-corrected chi connectivity index (χ0v) is 20.2. The maximum atomic E-state index is 13.5. The molecule has 1 unspecified atom stereocenters. The summed E-state index contributed by atoms with van der Waals surface area (Å²) in [5.74, 6) is 0.0933. The van der Waals surface area contributed by atoms with Crippen molar-refractivity contribution in [1.82, 2.24) is 14.7 Å². The molecule has 0 N–H and O–H groups in total. The highest BCUT2D eigenvalue weighted by molar-refractivity contribution is 5.95. The molecule has 2 saturated heterocycles. The molecule has 5 nitrogen and oxygen atoms in total. The van der Waals surface area contributed by atoms with Crippen molar-refractivity contribution in [1.29, 1.82) is 0 Å². The van der Waals surface area contributed by atoms with Crippen LogP contribution in [0.5, 0.6) is 0 Å². The first-order valence-electron chi connectivity index (χ1n) is 12.6. The lowest BCUT2D eigenvalue weighted by Crippen LogP contribution is -2.66. The zero-order chi connectivity index (χ0) is 24.5. The van der Waals surface area contributed by atoms with Crippen LogP contribution in [0.15, 0.2) is 97.1 Å². The summed E-state index contributed by atoms with van der Waals surface area (Å²) in [5, 5.41) is 2.45. The van der Waals surface area contributed by atoms with Gasteiger partial charge in [-0.1, -0.05) is 91.0 Å². The van der Waals surface area contributed by atoms with Crippen LogP contribution in [0, 0.1) is 0 Å². The molecule has 0 aromatic heterocycles. The van der Waals surface area contributed by atoms with E-state index < -0.39 is 6.04 Å². The number of amides is 2. The van der Waals surface area contributed by atoms with Crippen LogP contribution in [0.1, 0.15) is 11.1 Å². The van der Waals surface area contributed by atoms with E-state index in [9.17, 15) is 9.59 Å². The fourth-order valence-corrected chi connectivity index (χ4v) is 5.42. The first kappa shape index (κ1) is 22.5. The van der Waals surface area contributed by atoms with Gasteiger partial charge in [0.15, 0.2) is 0 Å². The standard InChI is InChI=1S/C31H29N3O2/c35-30-22-33(20-23-10-13-27(14-11-23)25-6-2-1-3-7-25)31(36)29-21-32(16-17-34(29)30)19-24-12-15-26-8-4-5-9-28(26)18-24/h1-15,18,29H,16-17,19-22H2. The number of carbonyl (C=O) groups is 2. The van der Waals surface area contributed by atoms with E-state index in [4.69, 9.17) is 0 Å². The molecule has 4 aromatic carbocycles. The van der Waals surface area contributed by atoms with Gasteiger partial charge in [-0.05, 0) is 39.1 Å². The average Bonchev–Trinajstić information content (AvgIpc) is 2.92. The topological polar surface area (TPSA) is 43.9 Å². The van der Waals surface area contributed by atoms with Gasteiger partial charge in [-0.25, -0.2) is 0 Å². The number of fused-ring (bicyclic) bond motifs is 2. The third kappa shape index (κ3) is 4.50. The van der Waals surface area contributed by atoms with Gasteiger partial charge in [0, 0.05) is 32.7 Å². The van der Waals surface area contributed by atoms with Crippen LogP contribution in [0.25, 0.3) is 21.9 Å². The van der Waals surface area contributed by atoms with Crippen molar-refractivity contribution in [3.63, 3.8) is 0 Å². The lowest BCUT2D eigenvalue weighted by atomic mass is 10.0. The third-order valence-electron chi connectivity index (χ3n) is 7.36. The normalized spacial score (nSPS) is 18.5. The first-order valence-corrected chi connectivity index (χ1v) is 12.6. The molecule has 0 spiro atoms. The largest absolute Gasteiger partial charge is 0.327 e. The fraction of sp³-hybridized carbons (Fsp3) is 0.226. The molecule has 5 heteroatoms. The fourth-order valence-electron chi connectivity index (χ4n) is 5.42. The Balaban J connectivity index is 1.14. The van der Waals surface area contributed by atoms with Gasteiger partial charge in [0.2, 0.25) is 11.8 Å². The van der Waals surface area contributed by atoms with E-state index in [1.54, 1.807) is 9.80 Å². The number of benzene rings is 4. The summed E-state index contributed by atoms with van der Waals surface area (Å²) in [6, 6.07) is 33.0. The minimum atomic E-state index is -0.413. The summed E-state index contributed by atoms with van der Waals surface area (Å²) in [4.78, 5) is 32.2. The second-order valence-electron chi connectivity index (χ2n) is 9.78. The van der Waals surface area contributed by atoms with Crippen molar-refractivity contribution < 1.29 is 9.59 Å². The Bertz CT molecular complexity index is 1400. The van der Waals surface area contributed by atoms with Crippen LogP contribution in [-0.2, 0) is 22.7 Å². The molecule has 2 amide bonds. The molecule has 0 saturated carbocycles. The van der Waals surface area contributed by atoms with Crippen molar-refractivity contribution in [3.8, 4) is 11.1 Å². The van der Waals surface area contributed by atoms with Crippen molar-refractivity contribution in [2.24, 2.45) is 0 Å². The Labute approximate surface area is 211 Å². The van der Waals surface area contributed by atoms with Crippen LogP contribution < -0.4 is 0 Å². The summed E-state index contributed by atoms with van der Waals surface area (Å²) >= 11 is 0. The molecule has 2 aliphatic rings. The smallest absolute Gasteiger partial charge is 0.247 e. The van der Waals surface area contributed by atoms with Gasteiger partial charge in [0.05, 0.1) is 0 Å². The molecule has 2 fully saturated rings. The Kier molecular flexibility index (Phi) is 5.99. The molecule has 0 radical (unpaired) electrons. The molecule has 4 aromatic rings. The highest BCUT2D eigenvalue weighted by atomic mass is 16.2. The van der Waals surface area contributed by atoms with Gasteiger partial charge in [-0.3, -0.25) is 14.5 Å². The molecule has 0 aliphatic carbocycles. The molecule has 36 heavy (non-hydrogen) atoms. The SMILES string of the molecule is O=C1C2CN(Cc3ccc4ccccc4c3)CCN2C(=O)CN1Cc1ccc(-c2ccccc2)cc1. The first-order chi connectivity index (χ1) is 17.6. The molecule has 0 bridgehead atoms. The predicted octanol–water partition coefficient (Wildman–Crippen LogP) is 4.56. The third-order valence-corrected chi connectivity index (χ3v) is 7.36. The van der Waals surface area contributed by atoms with E-state index in [2.05, 4.69) is 83.8 Å². The molecule has 2 aliphatic heterocycles. The second-order valence-corrected chi connectivity index (χ2v) is 9.78. The number of hydrogen-bond donors (Lipinski definition) is 0. The van der Waals surface area contributed by atoms with E-state index >= 15 is 0 Å².